The number of ether oxygens (including phenoxy) is 2. The fourth-order valence-corrected chi connectivity index (χ4v) is 5.06. The molecule has 10 heteroatoms. The zero-order valence-corrected chi connectivity index (χ0v) is 21.5. The summed E-state index contributed by atoms with van der Waals surface area (Å²) in [6.07, 6.45) is 0. The van der Waals surface area contributed by atoms with Gasteiger partial charge in [0.2, 0.25) is 11.0 Å². The number of thioether (sulfide) groups is 1. The van der Waals surface area contributed by atoms with Crippen LogP contribution in [0.4, 0.5) is 10.8 Å². The van der Waals surface area contributed by atoms with Crippen LogP contribution in [0.3, 0.4) is 0 Å². The lowest BCUT2D eigenvalue weighted by atomic mass is 10.1. The first-order chi connectivity index (χ1) is 17.5. The summed E-state index contributed by atoms with van der Waals surface area (Å²) in [7, 11) is 3.01. The number of benzene rings is 3. The lowest BCUT2D eigenvalue weighted by Crippen LogP contribution is -2.19. The number of rotatable bonds is 9. The second-order valence-corrected chi connectivity index (χ2v) is 9.90. The van der Waals surface area contributed by atoms with Gasteiger partial charge in [0.1, 0.15) is 27.3 Å². The molecule has 1 heterocycles. The number of hydrogen-bond acceptors (Lipinski definition) is 8. The SMILES string of the molecule is COc1cccc(OC)c1C(=O)Nc1ccc(SC(C(=O)Nc2nnc(C)s2)c2ccccc2)cc1. The molecule has 0 aliphatic carbocycles. The third kappa shape index (κ3) is 6.02. The van der Waals surface area contributed by atoms with Gasteiger partial charge in [-0.3, -0.25) is 14.9 Å². The zero-order valence-electron chi connectivity index (χ0n) is 19.8. The Morgan fingerprint density at radius 3 is 2.11 bits per heavy atom. The molecule has 0 fully saturated rings. The molecule has 1 atom stereocenters. The van der Waals surface area contributed by atoms with Gasteiger partial charge in [-0.25, -0.2) is 0 Å². The van der Waals surface area contributed by atoms with Gasteiger partial charge in [-0.15, -0.1) is 22.0 Å². The van der Waals surface area contributed by atoms with E-state index in [1.807, 2.05) is 49.4 Å². The molecular formula is C26H24N4O4S2. The van der Waals surface area contributed by atoms with Crippen LogP contribution in [0.1, 0.15) is 26.2 Å². The summed E-state index contributed by atoms with van der Waals surface area (Å²) in [5, 5.41) is 14.4. The minimum Gasteiger partial charge on any atom is -0.496 e. The Morgan fingerprint density at radius 1 is 0.861 bits per heavy atom. The van der Waals surface area contributed by atoms with E-state index in [9.17, 15) is 9.59 Å². The number of amides is 2. The van der Waals surface area contributed by atoms with Crippen LogP contribution in [0.25, 0.3) is 0 Å². The maximum atomic E-state index is 13.1. The summed E-state index contributed by atoms with van der Waals surface area (Å²) in [6.45, 7) is 1.83. The molecule has 2 amide bonds. The second kappa shape index (κ2) is 11.7. The van der Waals surface area contributed by atoms with E-state index in [1.54, 1.807) is 30.3 Å². The van der Waals surface area contributed by atoms with Crippen molar-refractivity contribution in [1.29, 1.82) is 0 Å². The normalized spacial score (nSPS) is 11.4. The molecule has 3 aromatic carbocycles. The highest BCUT2D eigenvalue weighted by Crippen LogP contribution is 2.37. The Hall–Kier alpha value is -3.89. The van der Waals surface area contributed by atoms with E-state index < -0.39 is 5.25 Å². The molecule has 0 bridgehead atoms. The summed E-state index contributed by atoms with van der Waals surface area (Å²) in [5.74, 6) is 0.296. The zero-order chi connectivity index (χ0) is 25.5. The first-order valence-corrected chi connectivity index (χ1v) is 12.6. The van der Waals surface area contributed by atoms with Crippen molar-refractivity contribution in [3.05, 3.63) is 88.9 Å². The van der Waals surface area contributed by atoms with Crippen molar-refractivity contribution in [2.24, 2.45) is 0 Å². The molecule has 2 N–H and O–H groups in total. The molecule has 1 unspecified atom stereocenters. The van der Waals surface area contributed by atoms with Crippen molar-refractivity contribution < 1.29 is 19.1 Å². The molecule has 0 aliphatic heterocycles. The lowest BCUT2D eigenvalue weighted by molar-refractivity contribution is -0.115. The van der Waals surface area contributed by atoms with Gasteiger partial charge in [0, 0.05) is 10.6 Å². The predicted octanol–water partition coefficient (Wildman–Crippen LogP) is 5.59. The molecule has 4 rings (SSSR count). The van der Waals surface area contributed by atoms with E-state index in [-0.39, 0.29) is 11.8 Å². The van der Waals surface area contributed by atoms with E-state index in [0.717, 1.165) is 15.5 Å². The van der Waals surface area contributed by atoms with Gasteiger partial charge in [-0.1, -0.05) is 47.7 Å². The number of carbonyl (C=O) groups excluding carboxylic acids is 2. The predicted molar refractivity (Wildman–Crippen MR) is 142 cm³/mol. The van der Waals surface area contributed by atoms with Gasteiger partial charge in [0.05, 0.1) is 14.2 Å². The van der Waals surface area contributed by atoms with E-state index >= 15 is 0 Å². The highest BCUT2D eigenvalue weighted by Gasteiger charge is 2.23. The minimum absolute atomic E-state index is 0.192. The van der Waals surface area contributed by atoms with Crippen molar-refractivity contribution in [3.63, 3.8) is 0 Å². The third-order valence-electron chi connectivity index (χ3n) is 5.12. The van der Waals surface area contributed by atoms with Crippen LogP contribution < -0.4 is 20.1 Å². The fourth-order valence-electron chi connectivity index (χ4n) is 3.44. The molecule has 0 radical (unpaired) electrons. The van der Waals surface area contributed by atoms with Gasteiger partial charge in [-0.2, -0.15) is 0 Å². The summed E-state index contributed by atoms with van der Waals surface area (Å²) < 4.78 is 10.7. The van der Waals surface area contributed by atoms with Gasteiger partial charge < -0.3 is 14.8 Å². The van der Waals surface area contributed by atoms with Crippen molar-refractivity contribution >= 4 is 45.7 Å². The first-order valence-electron chi connectivity index (χ1n) is 10.9. The van der Waals surface area contributed by atoms with E-state index in [1.165, 1.54) is 37.3 Å². The summed E-state index contributed by atoms with van der Waals surface area (Å²) >= 11 is 2.73. The smallest absolute Gasteiger partial charge is 0.263 e. The highest BCUT2D eigenvalue weighted by molar-refractivity contribution is 8.00. The summed E-state index contributed by atoms with van der Waals surface area (Å²) in [4.78, 5) is 27.0. The largest absolute Gasteiger partial charge is 0.496 e. The van der Waals surface area contributed by atoms with E-state index in [0.29, 0.717) is 27.9 Å². The number of aryl methyl sites for hydroxylation is 1. The van der Waals surface area contributed by atoms with Crippen LogP contribution in [0.2, 0.25) is 0 Å². The number of anilines is 2. The van der Waals surface area contributed by atoms with Gasteiger partial charge in [0.15, 0.2) is 0 Å². The third-order valence-corrected chi connectivity index (χ3v) is 7.14. The number of carbonyl (C=O) groups is 2. The van der Waals surface area contributed by atoms with Crippen LogP contribution in [-0.4, -0.2) is 36.2 Å². The van der Waals surface area contributed by atoms with Crippen LogP contribution in [-0.2, 0) is 4.79 Å². The quantitative estimate of drug-likeness (QED) is 0.277. The van der Waals surface area contributed by atoms with Crippen molar-refractivity contribution in [2.45, 2.75) is 17.1 Å². The minimum atomic E-state index is -0.506. The molecular weight excluding hydrogens is 496 g/mol. The Labute approximate surface area is 217 Å². The monoisotopic (exact) mass is 520 g/mol. The lowest BCUT2D eigenvalue weighted by Gasteiger charge is -2.16. The molecule has 0 saturated carbocycles. The molecule has 36 heavy (non-hydrogen) atoms. The maximum Gasteiger partial charge on any atom is 0.263 e. The maximum absolute atomic E-state index is 13.1. The number of hydrogen-bond donors (Lipinski definition) is 2. The van der Waals surface area contributed by atoms with Crippen molar-refractivity contribution in [2.75, 3.05) is 24.9 Å². The topological polar surface area (TPSA) is 102 Å². The van der Waals surface area contributed by atoms with E-state index in [2.05, 4.69) is 20.8 Å². The van der Waals surface area contributed by atoms with Crippen molar-refractivity contribution in [1.82, 2.24) is 10.2 Å². The summed E-state index contributed by atoms with van der Waals surface area (Å²) in [5.41, 5.74) is 1.78. The van der Waals surface area contributed by atoms with Crippen LogP contribution in [0.5, 0.6) is 11.5 Å². The van der Waals surface area contributed by atoms with Crippen LogP contribution in [0.15, 0.2) is 77.7 Å². The average Bonchev–Trinajstić information content (AvgIpc) is 3.32. The van der Waals surface area contributed by atoms with E-state index in [4.69, 9.17) is 9.47 Å². The van der Waals surface area contributed by atoms with Crippen LogP contribution in [0, 0.1) is 6.92 Å². The fraction of sp³-hybridized carbons (Fsp3) is 0.154. The Bertz CT molecular complexity index is 1320. The Morgan fingerprint density at radius 2 is 1.53 bits per heavy atom. The summed E-state index contributed by atoms with van der Waals surface area (Å²) in [6, 6.07) is 22.0. The van der Waals surface area contributed by atoms with Gasteiger partial charge >= 0.3 is 0 Å². The highest BCUT2D eigenvalue weighted by atomic mass is 32.2. The standard InChI is InChI=1S/C26H24N4O4S2/c1-16-29-30-26(35-16)28-25(32)23(17-8-5-4-6-9-17)36-19-14-12-18(13-15-19)27-24(31)22-20(33-2)10-7-11-21(22)34-3/h4-15,23H,1-3H3,(H,27,31)(H,28,30,32). The second-order valence-electron chi connectivity index (χ2n) is 7.54. The van der Waals surface area contributed by atoms with Gasteiger partial charge in [0.25, 0.3) is 5.91 Å². The number of nitrogens with one attached hydrogen (secondary N) is 2. The Balaban J connectivity index is 1.50. The average molecular weight is 521 g/mol. The molecule has 1 aromatic heterocycles. The molecule has 184 valence electrons. The Kier molecular flexibility index (Phi) is 8.19. The number of nitrogens with zero attached hydrogens (tertiary/aromatic N) is 2. The molecule has 0 saturated heterocycles. The molecule has 0 spiro atoms. The molecule has 8 nitrogen and oxygen atoms in total. The molecule has 4 aromatic rings. The number of methoxy groups -OCH3 is 2. The first kappa shape index (κ1) is 25.2. The number of aromatic nitrogens is 2. The van der Waals surface area contributed by atoms with Gasteiger partial charge in [-0.05, 0) is 48.9 Å². The van der Waals surface area contributed by atoms with Crippen molar-refractivity contribution in [3.8, 4) is 11.5 Å². The molecule has 0 aliphatic rings. The van der Waals surface area contributed by atoms with Crippen LogP contribution >= 0.6 is 23.1 Å².